The highest BCUT2D eigenvalue weighted by atomic mass is 16.3. The molecule has 0 spiro atoms. The molecular formula is C24H26N6O2. The van der Waals surface area contributed by atoms with Gasteiger partial charge in [-0.2, -0.15) is 0 Å². The lowest BCUT2D eigenvalue weighted by molar-refractivity contribution is 0.477. The molecule has 4 rings (SSSR count). The Morgan fingerprint density at radius 1 is 0.344 bits per heavy atom. The Morgan fingerprint density at radius 3 is 0.906 bits per heavy atom. The van der Waals surface area contributed by atoms with Crippen LogP contribution in [0.4, 0.5) is 34.1 Å². The van der Waals surface area contributed by atoms with Crippen molar-refractivity contribution in [2.24, 2.45) is 0 Å². The van der Waals surface area contributed by atoms with Crippen molar-refractivity contribution in [3.63, 3.8) is 0 Å². The second kappa shape index (κ2) is 8.97. The lowest BCUT2D eigenvalue weighted by atomic mass is 10.0. The summed E-state index contributed by atoms with van der Waals surface area (Å²) in [5.41, 5.74) is 40.2. The zero-order chi connectivity index (χ0) is 23.4. The van der Waals surface area contributed by atoms with E-state index in [4.69, 9.17) is 34.4 Å². The van der Waals surface area contributed by atoms with Crippen molar-refractivity contribution in [2.75, 3.05) is 34.4 Å². The molecule has 8 heteroatoms. The van der Waals surface area contributed by atoms with E-state index in [2.05, 4.69) is 0 Å². The molecule has 4 aromatic rings. The highest BCUT2D eigenvalue weighted by molar-refractivity contribution is 5.79. The second-order valence-electron chi connectivity index (χ2n) is 7.23. The van der Waals surface area contributed by atoms with Crippen molar-refractivity contribution in [3.8, 4) is 33.8 Å². The Bertz CT molecular complexity index is 1080. The van der Waals surface area contributed by atoms with Gasteiger partial charge in [0, 0.05) is 0 Å². The molecule has 0 aliphatic rings. The number of benzene rings is 4. The molecule has 0 atom stereocenters. The van der Waals surface area contributed by atoms with E-state index in [-0.39, 0.29) is 11.5 Å². The van der Waals surface area contributed by atoms with E-state index in [0.29, 0.717) is 34.1 Å². The van der Waals surface area contributed by atoms with E-state index in [1.165, 1.54) is 0 Å². The number of phenolic OH excluding ortho intramolecular Hbond substituents is 2. The molecule has 0 aromatic heterocycles. The first-order chi connectivity index (χ1) is 15.2. The fraction of sp³-hybridized carbons (Fsp3) is 0. The molecule has 0 aliphatic heterocycles. The molecule has 8 nitrogen and oxygen atoms in total. The van der Waals surface area contributed by atoms with Gasteiger partial charge in [-0.25, -0.2) is 0 Å². The number of phenols is 2. The van der Waals surface area contributed by atoms with Crippen LogP contribution in [0, 0.1) is 0 Å². The molecule has 0 unspecified atom stereocenters. The van der Waals surface area contributed by atoms with Gasteiger partial charge in [0.15, 0.2) is 0 Å². The fourth-order valence-corrected chi connectivity index (χ4v) is 2.96. The van der Waals surface area contributed by atoms with Crippen LogP contribution in [0.1, 0.15) is 0 Å². The summed E-state index contributed by atoms with van der Waals surface area (Å²) < 4.78 is 0. The maximum Gasteiger partial charge on any atom is 0.139 e. The zero-order valence-electron chi connectivity index (χ0n) is 17.3. The van der Waals surface area contributed by atoms with Crippen molar-refractivity contribution >= 4 is 34.1 Å². The van der Waals surface area contributed by atoms with Crippen LogP contribution in [0.15, 0.2) is 72.8 Å². The molecule has 4 aromatic carbocycles. The average Bonchev–Trinajstić information content (AvgIpc) is 2.76. The normalized spacial score (nSPS) is 10.2. The standard InChI is InChI=1S/C12H14N4.C12H12N2O2/c2*13-9-3-1-7(5-11(9)15)8-2-4-10(14)12(16)6-8/h1-6H,13-16H2;1-6,15-16H,13-14H2. The van der Waals surface area contributed by atoms with Gasteiger partial charge < -0.3 is 44.6 Å². The Morgan fingerprint density at radius 2 is 0.625 bits per heavy atom. The average molecular weight is 431 g/mol. The molecular weight excluding hydrogens is 404 g/mol. The van der Waals surface area contributed by atoms with Gasteiger partial charge in [-0.05, 0) is 70.8 Å². The third-order valence-electron chi connectivity index (χ3n) is 4.90. The number of aromatic hydroxyl groups is 2. The van der Waals surface area contributed by atoms with E-state index in [1.807, 2.05) is 24.3 Å². The first-order valence-corrected chi connectivity index (χ1v) is 9.63. The molecule has 0 bridgehead atoms. The van der Waals surface area contributed by atoms with Crippen molar-refractivity contribution in [2.45, 2.75) is 0 Å². The molecule has 14 N–H and O–H groups in total. The van der Waals surface area contributed by atoms with Gasteiger partial charge in [-0.3, -0.25) is 0 Å². The second-order valence-corrected chi connectivity index (χ2v) is 7.23. The predicted octanol–water partition coefficient (Wildman–Crippen LogP) is 3.61. The summed E-state index contributed by atoms with van der Waals surface area (Å²) in [6.07, 6.45) is 0. The third kappa shape index (κ3) is 4.88. The first-order valence-electron chi connectivity index (χ1n) is 9.63. The van der Waals surface area contributed by atoms with Crippen LogP contribution in [-0.2, 0) is 0 Å². The van der Waals surface area contributed by atoms with Gasteiger partial charge in [0.1, 0.15) is 11.5 Å². The maximum atomic E-state index is 9.47. The number of anilines is 6. The van der Waals surface area contributed by atoms with E-state index in [9.17, 15) is 10.2 Å². The van der Waals surface area contributed by atoms with Crippen molar-refractivity contribution in [3.05, 3.63) is 72.8 Å². The SMILES string of the molecule is Nc1ccc(-c2ccc(N)c(N)c2)cc1N.Nc1ccc(-c2ccc(N)c(O)c2)cc1O. The summed E-state index contributed by atoms with van der Waals surface area (Å²) >= 11 is 0. The largest absolute Gasteiger partial charge is 0.506 e. The van der Waals surface area contributed by atoms with Crippen molar-refractivity contribution in [1.29, 1.82) is 0 Å². The van der Waals surface area contributed by atoms with Crippen LogP contribution in [-0.4, -0.2) is 10.2 Å². The summed E-state index contributed by atoms with van der Waals surface area (Å²) in [6.45, 7) is 0. The summed E-state index contributed by atoms with van der Waals surface area (Å²) in [5, 5.41) is 18.9. The minimum absolute atomic E-state index is 0.0221. The van der Waals surface area contributed by atoms with Crippen LogP contribution in [0.5, 0.6) is 11.5 Å². The predicted molar refractivity (Wildman–Crippen MR) is 134 cm³/mol. The number of nitrogen functional groups attached to an aromatic ring is 6. The van der Waals surface area contributed by atoms with Gasteiger partial charge in [-0.1, -0.05) is 24.3 Å². The third-order valence-corrected chi connectivity index (χ3v) is 4.90. The molecule has 0 radical (unpaired) electrons. The number of rotatable bonds is 2. The molecule has 0 aliphatic carbocycles. The van der Waals surface area contributed by atoms with E-state index in [0.717, 1.165) is 22.3 Å². The molecule has 0 saturated carbocycles. The summed E-state index contributed by atoms with van der Waals surface area (Å²) in [7, 11) is 0. The lowest BCUT2D eigenvalue weighted by Crippen LogP contribution is -1.96. The minimum atomic E-state index is 0.0221. The number of hydrogen-bond donors (Lipinski definition) is 8. The monoisotopic (exact) mass is 430 g/mol. The van der Waals surface area contributed by atoms with Gasteiger partial charge in [0.25, 0.3) is 0 Å². The van der Waals surface area contributed by atoms with Crippen LogP contribution < -0.4 is 34.4 Å². The van der Waals surface area contributed by atoms with E-state index < -0.39 is 0 Å². The summed E-state index contributed by atoms with van der Waals surface area (Å²) in [5.74, 6) is 0.0441. The quantitative estimate of drug-likeness (QED) is 0.174. The Hall–Kier alpha value is -4.72. The van der Waals surface area contributed by atoms with Crippen LogP contribution in [0.25, 0.3) is 22.3 Å². The Labute approximate surface area is 185 Å². The van der Waals surface area contributed by atoms with Gasteiger partial charge in [0.05, 0.1) is 34.1 Å². The molecule has 0 fully saturated rings. The van der Waals surface area contributed by atoms with Gasteiger partial charge in [-0.15, -0.1) is 0 Å². The maximum absolute atomic E-state index is 9.47. The number of nitrogens with two attached hydrogens (primary N) is 6. The highest BCUT2D eigenvalue weighted by Gasteiger charge is 2.05. The number of hydrogen-bond acceptors (Lipinski definition) is 8. The molecule has 32 heavy (non-hydrogen) atoms. The minimum Gasteiger partial charge on any atom is -0.506 e. The van der Waals surface area contributed by atoms with Crippen LogP contribution in [0.2, 0.25) is 0 Å². The first kappa shape index (κ1) is 22.0. The van der Waals surface area contributed by atoms with Gasteiger partial charge >= 0.3 is 0 Å². The summed E-state index contributed by atoms with van der Waals surface area (Å²) in [6, 6.07) is 20.8. The zero-order valence-corrected chi connectivity index (χ0v) is 17.3. The van der Waals surface area contributed by atoms with Crippen LogP contribution >= 0.6 is 0 Å². The lowest BCUT2D eigenvalue weighted by Gasteiger charge is -2.07. The smallest absolute Gasteiger partial charge is 0.139 e. The molecule has 0 saturated heterocycles. The van der Waals surface area contributed by atoms with Crippen molar-refractivity contribution < 1.29 is 10.2 Å². The summed E-state index contributed by atoms with van der Waals surface area (Å²) in [4.78, 5) is 0. The molecule has 0 heterocycles. The highest BCUT2D eigenvalue weighted by Crippen LogP contribution is 2.32. The van der Waals surface area contributed by atoms with Crippen LogP contribution in [0.3, 0.4) is 0 Å². The Kier molecular flexibility index (Phi) is 6.16. The molecule has 164 valence electrons. The van der Waals surface area contributed by atoms with E-state index in [1.54, 1.807) is 48.5 Å². The fourth-order valence-electron chi connectivity index (χ4n) is 2.96. The topological polar surface area (TPSA) is 197 Å². The molecule has 0 amide bonds. The van der Waals surface area contributed by atoms with E-state index >= 15 is 0 Å². The van der Waals surface area contributed by atoms with Crippen molar-refractivity contribution in [1.82, 2.24) is 0 Å². The van der Waals surface area contributed by atoms with Gasteiger partial charge in [0.2, 0.25) is 0 Å². The Balaban J connectivity index is 0.000000181.